The predicted octanol–water partition coefficient (Wildman–Crippen LogP) is 6.30. The quantitative estimate of drug-likeness (QED) is 0.525. The van der Waals surface area contributed by atoms with Gasteiger partial charge >= 0.3 is 5.97 Å². The van der Waals surface area contributed by atoms with Crippen LogP contribution in [-0.2, 0) is 4.74 Å². The summed E-state index contributed by atoms with van der Waals surface area (Å²) in [6.45, 7) is 9.44. The molecule has 0 spiro atoms. The van der Waals surface area contributed by atoms with E-state index < -0.39 is 5.97 Å². The summed E-state index contributed by atoms with van der Waals surface area (Å²) in [5.41, 5.74) is 0.452. The Morgan fingerprint density at radius 2 is 1.79 bits per heavy atom. The number of fused-ring (bicyclic) bond motifs is 1. The number of phenols is 2. The van der Waals surface area contributed by atoms with Gasteiger partial charge in [-0.15, -0.1) is 0 Å². The Morgan fingerprint density at radius 1 is 1.10 bits per heavy atom. The molecule has 0 aromatic heterocycles. The second kappa shape index (κ2) is 8.97. The van der Waals surface area contributed by atoms with Gasteiger partial charge < -0.3 is 14.9 Å². The number of carbonyl (C=O) groups is 1. The normalized spacial score (nSPS) is 30.2. The summed E-state index contributed by atoms with van der Waals surface area (Å²) in [7, 11) is 0. The van der Waals surface area contributed by atoms with E-state index in [0.29, 0.717) is 17.8 Å². The fraction of sp³-hybridized carbons (Fsp3) is 0.720. The third kappa shape index (κ3) is 4.90. The highest BCUT2D eigenvalue weighted by Crippen LogP contribution is 2.59. The molecule has 2 saturated carbocycles. The van der Waals surface area contributed by atoms with E-state index in [2.05, 4.69) is 27.7 Å². The first-order valence-corrected chi connectivity index (χ1v) is 11.4. The third-order valence-corrected chi connectivity index (χ3v) is 7.66. The van der Waals surface area contributed by atoms with Crippen LogP contribution in [0.5, 0.6) is 11.5 Å². The van der Waals surface area contributed by atoms with Crippen LogP contribution in [-0.4, -0.2) is 22.3 Å². The molecule has 2 aliphatic carbocycles. The van der Waals surface area contributed by atoms with Crippen LogP contribution in [0.15, 0.2) is 18.2 Å². The van der Waals surface area contributed by atoms with E-state index in [0.717, 1.165) is 25.2 Å². The SMILES string of the molecule is CC(C)CCC[C@@H](C)[C@H]1CC[C@H]2[C@@H](OC(=O)c3cc(O)cc(O)c3)CCC[C@]12C. The Hall–Kier alpha value is -1.71. The maximum Gasteiger partial charge on any atom is 0.338 e. The minimum Gasteiger partial charge on any atom is -0.508 e. The first kappa shape index (κ1) is 22.0. The Balaban J connectivity index is 1.67. The first-order valence-electron chi connectivity index (χ1n) is 11.4. The van der Waals surface area contributed by atoms with Gasteiger partial charge in [-0.05, 0) is 67.4 Å². The van der Waals surface area contributed by atoms with E-state index in [-0.39, 0.29) is 28.6 Å². The molecule has 0 heterocycles. The molecule has 0 unspecified atom stereocenters. The number of esters is 1. The summed E-state index contributed by atoms with van der Waals surface area (Å²) < 4.78 is 5.95. The standard InChI is InChI=1S/C25H38O4/c1-16(2)7-5-8-17(3)21-10-11-22-23(9-6-12-25(21,22)4)29-24(28)18-13-19(26)15-20(27)14-18/h13-17,21-23,26-27H,5-12H2,1-4H3/t17-,21-,22+,23+,25-/m1/s1. The third-order valence-electron chi connectivity index (χ3n) is 7.66. The molecule has 0 radical (unpaired) electrons. The molecular formula is C25H38O4. The lowest BCUT2D eigenvalue weighted by Gasteiger charge is -2.46. The molecule has 4 heteroatoms. The van der Waals surface area contributed by atoms with Gasteiger partial charge in [-0.1, -0.05) is 47.0 Å². The van der Waals surface area contributed by atoms with Gasteiger partial charge in [0.15, 0.2) is 0 Å². The molecule has 4 nitrogen and oxygen atoms in total. The van der Waals surface area contributed by atoms with Crippen molar-refractivity contribution in [2.75, 3.05) is 0 Å². The number of ether oxygens (including phenoxy) is 1. The molecule has 1 aromatic rings. The summed E-state index contributed by atoms with van der Waals surface area (Å²) in [4.78, 5) is 12.7. The molecule has 1 aromatic carbocycles. The monoisotopic (exact) mass is 402 g/mol. The lowest BCUT2D eigenvalue weighted by Crippen LogP contribution is -2.43. The Labute approximate surface area is 175 Å². The van der Waals surface area contributed by atoms with Crippen LogP contribution < -0.4 is 0 Å². The second-order valence-corrected chi connectivity index (χ2v) is 10.2. The van der Waals surface area contributed by atoms with Crippen LogP contribution >= 0.6 is 0 Å². The molecule has 0 bridgehead atoms. The zero-order chi connectivity index (χ0) is 21.2. The molecule has 2 aliphatic rings. The van der Waals surface area contributed by atoms with Crippen LogP contribution in [0.2, 0.25) is 0 Å². The molecule has 2 fully saturated rings. The van der Waals surface area contributed by atoms with Crippen molar-refractivity contribution >= 4 is 5.97 Å². The van der Waals surface area contributed by atoms with Crippen molar-refractivity contribution in [3.05, 3.63) is 23.8 Å². The summed E-state index contributed by atoms with van der Waals surface area (Å²) in [5, 5.41) is 19.3. The number of benzene rings is 1. The summed E-state index contributed by atoms with van der Waals surface area (Å²) >= 11 is 0. The van der Waals surface area contributed by atoms with Gasteiger partial charge in [-0.3, -0.25) is 0 Å². The molecule has 0 aliphatic heterocycles. The molecule has 29 heavy (non-hydrogen) atoms. The number of phenolic OH excluding ortho intramolecular Hbond substituents is 2. The number of hydrogen-bond acceptors (Lipinski definition) is 4. The molecule has 0 amide bonds. The Morgan fingerprint density at radius 3 is 2.45 bits per heavy atom. The fourth-order valence-corrected chi connectivity index (χ4v) is 6.20. The maximum absolute atomic E-state index is 12.7. The van der Waals surface area contributed by atoms with E-state index in [1.807, 2.05) is 0 Å². The van der Waals surface area contributed by atoms with Gasteiger partial charge in [0.1, 0.15) is 17.6 Å². The smallest absolute Gasteiger partial charge is 0.338 e. The maximum atomic E-state index is 12.7. The number of carbonyl (C=O) groups excluding carboxylic acids is 1. The molecule has 0 saturated heterocycles. The zero-order valence-electron chi connectivity index (χ0n) is 18.5. The highest BCUT2D eigenvalue weighted by Gasteiger charge is 2.53. The first-order chi connectivity index (χ1) is 13.7. The van der Waals surface area contributed by atoms with Crippen molar-refractivity contribution in [2.24, 2.45) is 29.1 Å². The second-order valence-electron chi connectivity index (χ2n) is 10.2. The van der Waals surface area contributed by atoms with Gasteiger partial charge in [0.05, 0.1) is 5.56 Å². The molecule has 5 atom stereocenters. The summed E-state index contributed by atoms with van der Waals surface area (Å²) in [6.07, 6.45) is 9.39. The highest BCUT2D eigenvalue weighted by molar-refractivity contribution is 5.90. The van der Waals surface area contributed by atoms with E-state index in [4.69, 9.17) is 4.74 Å². The summed E-state index contributed by atoms with van der Waals surface area (Å²) in [5.74, 6) is 1.89. The Kier molecular flexibility index (Phi) is 6.80. The molecule has 3 rings (SSSR count). The van der Waals surface area contributed by atoms with Crippen LogP contribution in [0.3, 0.4) is 0 Å². The van der Waals surface area contributed by atoms with Crippen LogP contribution in [0.4, 0.5) is 0 Å². The average molecular weight is 403 g/mol. The molecular weight excluding hydrogens is 364 g/mol. The van der Waals surface area contributed by atoms with Gasteiger partial charge in [0, 0.05) is 12.0 Å². The van der Waals surface area contributed by atoms with Crippen molar-refractivity contribution in [3.63, 3.8) is 0 Å². The number of hydrogen-bond donors (Lipinski definition) is 2. The van der Waals surface area contributed by atoms with Crippen LogP contribution in [0, 0.1) is 29.1 Å². The highest BCUT2D eigenvalue weighted by atomic mass is 16.5. The van der Waals surface area contributed by atoms with Crippen molar-refractivity contribution in [1.82, 2.24) is 0 Å². The predicted molar refractivity (Wildman–Crippen MR) is 115 cm³/mol. The minimum absolute atomic E-state index is 0.0707. The van der Waals surface area contributed by atoms with E-state index in [1.54, 1.807) is 0 Å². The van der Waals surface area contributed by atoms with E-state index in [9.17, 15) is 15.0 Å². The topological polar surface area (TPSA) is 66.8 Å². The average Bonchev–Trinajstić information content (AvgIpc) is 2.98. The van der Waals surface area contributed by atoms with Crippen LogP contribution in [0.1, 0.15) is 89.4 Å². The Bertz CT molecular complexity index is 693. The largest absolute Gasteiger partial charge is 0.508 e. The number of rotatable bonds is 7. The van der Waals surface area contributed by atoms with Crippen LogP contribution in [0.25, 0.3) is 0 Å². The fourth-order valence-electron chi connectivity index (χ4n) is 6.20. The van der Waals surface area contributed by atoms with E-state index in [1.165, 1.54) is 50.3 Å². The molecule has 162 valence electrons. The summed E-state index contributed by atoms with van der Waals surface area (Å²) in [6, 6.07) is 3.94. The van der Waals surface area contributed by atoms with Gasteiger partial charge in [-0.2, -0.15) is 0 Å². The van der Waals surface area contributed by atoms with Crippen molar-refractivity contribution in [1.29, 1.82) is 0 Å². The van der Waals surface area contributed by atoms with Gasteiger partial charge in [-0.25, -0.2) is 4.79 Å². The zero-order valence-corrected chi connectivity index (χ0v) is 18.5. The number of aromatic hydroxyl groups is 2. The van der Waals surface area contributed by atoms with Crippen molar-refractivity contribution in [2.45, 2.75) is 85.2 Å². The van der Waals surface area contributed by atoms with Gasteiger partial charge in [0.25, 0.3) is 0 Å². The van der Waals surface area contributed by atoms with Crippen molar-refractivity contribution in [3.8, 4) is 11.5 Å². The van der Waals surface area contributed by atoms with Gasteiger partial charge in [0.2, 0.25) is 0 Å². The minimum atomic E-state index is -0.445. The molecule has 2 N–H and O–H groups in total. The lowest BCUT2D eigenvalue weighted by molar-refractivity contribution is -0.0473. The van der Waals surface area contributed by atoms with E-state index >= 15 is 0 Å². The lowest BCUT2D eigenvalue weighted by atomic mass is 9.61. The van der Waals surface area contributed by atoms with Crippen molar-refractivity contribution < 1.29 is 19.7 Å².